The molecule has 1 rings (SSSR count). The SMILES string of the molecule is Cc1ccc(NC(=S)N[C@H](NC(=O)N(C)C)C(Cl)(Cl)Cl)c(C)c1. The Kier molecular flexibility index (Phi) is 7.20. The third-order valence-electron chi connectivity index (χ3n) is 2.91. The normalized spacial score (nSPS) is 12.3. The third kappa shape index (κ3) is 6.59. The van der Waals surface area contributed by atoms with Crippen LogP contribution in [0.5, 0.6) is 0 Å². The number of halogens is 3. The number of aryl methyl sites for hydroxylation is 2. The van der Waals surface area contributed by atoms with Crippen molar-refractivity contribution >= 4 is 63.9 Å². The fourth-order valence-corrected chi connectivity index (χ4v) is 2.25. The molecule has 0 bridgehead atoms. The highest BCUT2D eigenvalue weighted by atomic mass is 35.6. The number of amides is 2. The van der Waals surface area contributed by atoms with Crippen molar-refractivity contribution in [3.05, 3.63) is 29.3 Å². The van der Waals surface area contributed by atoms with E-state index < -0.39 is 16.0 Å². The van der Waals surface area contributed by atoms with Gasteiger partial charge in [-0.05, 0) is 37.7 Å². The zero-order valence-corrected chi connectivity index (χ0v) is 16.3. The van der Waals surface area contributed by atoms with Gasteiger partial charge in [-0.2, -0.15) is 0 Å². The van der Waals surface area contributed by atoms with E-state index in [0.717, 1.165) is 16.8 Å². The number of alkyl halides is 3. The standard InChI is InChI=1S/C14H19Cl3N4OS/c1-8-5-6-10(9(2)7-8)18-12(23)19-11(14(15,16)17)20-13(22)21(3)4/h5-7,11H,1-4H3,(H,20,22)(H2,18,19,23)/t11-/m1/s1. The lowest BCUT2D eigenvalue weighted by atomic mass is 10.1. The number of rotatable bonds is 3. The smallest absolute Gasteiger partial charge is 0.318 e. The van der Waals surface area contributed by atoms with Gasteiger partial charge in [0, 0.05) is 19.8 Å². The summed E-state index contributed by atoms with van der Waals surface area (Å²) >= 11 is 22.9. The van der Waals surface area contributed by atoms with Crippen LogP contribution in [0, 0.1) is 13.8 Å². The Labute approximate surface area is 156 Å². The average molecular weight is 398 g/mol. The molecule has 2 amide bonds. The Morgan fingerprint density at radius 3 is 2.30 bits per heavy atom. The molecule has 9 heteroatoms. The van der Waals surface area contributed by atoms with Gasteiger partial charge in [-0.3, -0.25) is 0 Å². The van der Waals surface area contributed by atoms with Crippen LogP contribution < -0.4 is 16.0 Å². The van der Waals surface area contributed by atoms with Gasteiger partial charge in [0.05, 0.1) is 0 Å². The molecule has 0 aromatic heterocycles. The summed E-state index contributed by atoms with van der Waals surface area (Å²) in [5, 5.41) is 8.60. The number of urea groups is 1. The van der Waals surface area contributed by atoms with E-state index in [-0.39, 0.29) is 5.11 Å². The molecular weight excluding hydrogens is 379 g/mol. The van der Waals surface area contributed by atoms with Gasteiger partial charge in [0.2, 0.25) is 3.79 Å². The van der Waals surface area contributed by atoms with Crippen LogP contribution in [0.4, 0.5) is 10.5 Å². The summed E-state index contributed by atoms with van der Waals surface area (Å²) in [6.07, 6.45) is -0.992. The van der Waals surface area contributed by atoms with Gasteiger partial charge in [0.25, 0.3) is 0 Å². The highest BCUT2D eigenvalue weighted by molar-refractivity contribution is 7.80. The molecule has 23 heavy (non-hydrogen) atoms. The van der Waals surface area contributed by atoms with Gasteiger partial charge >= 0.3 is 6.03 Å². The number of benzene rings is 1. The third-order valence-corrected chi connectivity index (χ3v) is 3.78. The first-order chi connectivity index (χ1) is 10.5. The predicted octanol–water partition coefficient (Wildman–Crippen LogP) is 3.56. The molecule has 0 saturated heterocycles. The summed E-state index contributed by atoms with van der Waals surface area (Å²) < 4.78 is -1.78. The Morgan fingerprint density at radius 2 is 1.83 bits per heavy atom. The predicted molar refractivity (Wildman–Crippen MR) is 102 cm³/mol. The first kappa shape index (κ1) is 20.1. The number of nitrogens with zero attached hydrogens (tertiary/aromatic N) is 1. The molecule has 0 aliphatic carbocycles. The van der Waals surface area contributed by atoms with Crippen molar-refractivity contribution in [1.82, 2.24) is 15.5 Å². The lowest BCUT2D eigenvalue weighted by Crippen LogP contribution is -2.57. The van der Waals surface area contributed by atoms with Gasteiger partial charge in [-0.25, -0.2) is 4.79 Å². The number of nitrogens with one attached hydrogen (secondary N) is 3. The van der Waals surface area contributed by atoms with Crippen molar-refractivity contribution in [3.63, 3.8) is 0 Å². The summed E-state index contributed by atoms with van der Waals surface area (Å²) in [6.45, 7) is 3.96. The van der Waals surface area contributed by atoms with Gasteiger partial charge < -0.3 is 20.9 Å². The van der Waals surface area contributed by atoms with E-state index in [1.807, 2.05) is 32.0 Å². The van der Waals surface area contributed by atoms with E-state index in [9.17, 15) is 4.79 Å². The molecule has 3 N–H and O–H groups in total. The van der Waals surface area contributed by atoms with Crippen molar-refractivity contribution in [1.29, 1.82) is 0 Å². The van der Waals surface area contributed by atoms with Crippen molar-refractivity contribution < 1.29 is 4.79 Å². The molecule has 0 heterocycles. The second-order valence-corrected chi connectivity index (χ2v) is 8.01. The van der Waals surface area contributed by atoms with E-state index in [2.05, 4.69) is 16.0 Å². The summed E-state index contributed by atoms with van der Waals surface area (Å²) in [7, 11) is 3.16. The largest absolute Gasteiger partial charge is 0.339 e. The maximum absolute atomic E-state index is 11.8. The Hall–Kier alpha value is -0.950. The molecule has 1 atom stereocenters. The fraction of sp³-hybridized carbons (Fsp3) is 0.429. The molecule has 0 spiro atoms. The molecule has 0 aliphatic heterocycles. The Balaban J connectivity index is 2.79. The molecule has 5 nitrogen and oxygen atoms in total. The van der Waals surface area contributed by atoms with Crippen LogP contribution in [0.3, 0.4) is 0 Å². The van der Waals surface area contributed by atoms with Crippen LogP contribution in [-0.2, 0) is 0 Å². The molecule has 0 fully saturated rings. The average Bonchev–Trinajstić information content (AvgIpc) is 2.40. The molecule has 0 radical (unpaired) electrons. The summed E-state index contributed by atoms with van der Waals surface area (Å²) in [5.74, 6) is 0. The minimum absolute atomic E-state index is 0.229. The monoisotopic (exact) mass is 396 g/mol. The topological polar surface area (TPSA) is 56.4 Å². The van der Waals surface area contributed by atoms with Crippen molar-refractivity contribution in [2.24, 2.45) is 0 Å². The second-order valence-electron chi connectivity index (χ2n) is 5.24. The maximum atomic E-state index is 11.8. The summed E-state index contributed by atoms with van der Waals surface area (Å²) in [6, 6.07) is 5.47. The second kappa shape index (κ2) is 8.24. The lowest BCUT2D eigenvalue weighted by molar-refractivity contribution is 0.212. The van der Waals surface area contributed by atoms with Crippen molar-refractivity contribution in [2.45, 2.75) is 23.8 Å². The highest BCUT2D eigenvalue weighted by Gasteiger charge is 2.35. The molecule has 0 unspecified atom stereocenters. The number of carbonyl (C=O) groups is 1. The Morgan fingerprint density at radius 1 is 1.22 bits per heavy atom. The zero-order chi connectivity index (χ0) is 17.8. The fourth-order valence-electron chi connectivity index (χ4n) is 1.70. The van der Waals surface area contributed by atoms with Crippen molar-refractivity contribution in [2.75, 3.05) is 19.4 Å². The van der Waals surface area contributed by atoms with Gasteiger partial charge in [-0.1, -0.05) is 52.5 Å². The molecule has 1 aromatic rings. The highest BCUT2D eigenvalue weighted by Crippen LogP contribution is 2.29. The number of hydrogen-bond acceptors (Lipinski definition) is 2. The van der Waals surface area contributed by atoms with Crippen LogP contribution in [0.2, 0.25) is 0 Å². The molecule has 1 aromatic carbocycles. The lowest BCUT2D eigenvalue weighted by Gasteiger charge is -2.29. The van der Waals surface area contributed by atoms with E-state index in [0.29, 0.717) is 0 Å². The van der Waals surface area contributed by atoms with Gasteiger partial charge in [0.15, 0.2) is 11.3 Å². The van der Waals surface area contributed by atoms with Crippen LogP contribution in [0.1, 0.15) is 11.1 Å². The first-order valence-electron chi connectivity index (χ1n) is 6.70. The number of thiocarbonyl (C=S) groups is 1. The molecular formula is C14H19Cl3N4OS. The van der Waals surface area contributed by atoms with E-state index in [1.165, 1.54) is 4.90 Å². The van der Waals surface area contributed by atoms with Crippen LogP contribution >= 0.6 is 47.0 Å². The Bertz CT molecular complexity index is 590. The number of anilines is 1. The first-order valence-corrected chi connectivity index (χ1v) is 8.24. The zero-order valence-electron chi connectivity index (χ0n) is 13.2. The maximum Gasteiger partial charge on any atom is 0.318 e. The van der Waals surface area contributed by atoms with E-state index >= 15 is 0 Å². The van der Waals surface area contributed by atoms with Crippen LogP contribution in [0.15, 0.2) is 18.2 Å². The summed E-state index contributed by atoms with van der Waals surface area (Å²) in [4.78, 5) is 13.1. The minimum atomic E-state index is -1.78. The molecule has 0 aliphatic rings. The minimum Gasteiger partial charge on any atom is -0.339 e. The van der Waals surface area contributed by atoms with Crippen LogP contribution in [-0.4, -0.2) is 40.1 Å². The quantitative estimate of drug-likeness (QED) is 0.415. The number of hydrogen-bond donors (Lipinski definition) is 3. The van der Waals surface area contributed by atoms with Gasteiger partial charge in [-0.15, -0.1) is 0 Å². The van der Waals surface area contributed by atoms with E-state index in [1.54, 1.807) is 14.1 Å². The summed E-state index contributed by atoms with van der Waals surface area (Å²) in [5.41, 5.74) is 3.00. The molecule has 128 valence electrons. The van der Waals surface area contributed by atoms with Gasteiger partial charge in [0.1, 0.15) is 0 Å². The molecule has 0 saturated carbocycles. The van der Waals surface area contributed by atoms with E-state index in [4.69, 9.17) is 47.0 Å². The number of carbonyl (C=O) groups excluding carboxylic acids is 1. The van der Waals surface area contributed by atoms with Crippen LogP contribution in [0.25, 0.3) is 0 Å². The van der Waals surface area contributed by atoms with Crippen molar-refractivity contribution in [3.8, 4) is 0 Å².